The van der Waals surface area contributed by atoms with E-state index in [0.717, 1.165) is 0 Å². The van der Waals surface area contributed by atoms with Crippen molar-refractivity contribution in [3.05, 3.63) is 0 Å². The van der Waals surface area contributed by atoms with Crippen molar-refractivity contribution in [3.8, 4) is 0 Å². The summed E-state index contributed by atoms with van der Waals surface area (Å²) in [5.74, 6) is 0. The first-order valence-corrected chi connectivity index (χ1v) is 5.84. The zero-order valence-electron chi connectivity index (χ0n) is 9.09. The molecule has 0 aliphatic heterocycles. The van der Waals surface area contributed by atoms with Gasteiger partial charge in [0.15, 0.2) is 0 Å². The van der Waals surface area contributed by atoms with Crippen LogP contribution in [0.15, 0.2) is 0 Å². The molecule has 0 rings (SSSR count). The molecule has 0 saturated heterocycles. The zero-order chi connectivity index (χ0) is 11.7. The number of hydrogen-bond acceptors (Lipinski definition) is 4. The molecule has 0 heterocycles. The van der Waals surface area contributed by atoms with Crippen molar-refractivity contribution in [3.63, 3.8) is 0 Å². The fraction of sp³-hybridized carbons (Fsp3) is 0.750. The Morgan fingerprint density at radius 1 is 0.867 bits per heavy atom. The molecule has 0 aromatic heterocycles. The van der Waals surface area contributed by atoms with Crippen molar-refractivity contribution in [2.75, 3.05) is 0 Å². The van der Waals surface area contributed by atoms with Crippen LogP contribution in [0.3, 0.4) is 0 Å². The molecular formula is C8H16CuN2S4. The Labute approximate surface area is 125 Å². The average molecular weight is 332 g/mol. The van der Waals surface area contributed by atoms with Crippen LogP contribution in [0.2, 0.25) is 0 Å². The van der Waals surface area contributed by atoms with E-state index >= 15 is 0 Å². The first kappa shape index (κ1) is 21.1. The Balaban J connectivity index is -0.000000180. The first-order chi connectivity index (χ1) is 6.25. The van der Waals surface area contributed by atoms with Gasteiger partial charge in [-0.15, -0.1) is 0 Å². The van der Waals surface area contributed by atoms with E-state index in [1.807, 2.05) is 27.7 Å². The van der Waals surface area contributed by atoms with Gasteiger partial charge in [0.2, 0.25) is 0 Å². The van der Waals surface area contributed by atoms with Crippen LogP contribution in [0.1, 0.15) is 27.7 Å². The molecule has 0 unspecified atom stereocenters. The summed E-state index contributed by atoms with van der Waals surface area (Å²) in [5, 5.41) is 5.70. The minimum atomic E-state index is 0. The second-order valence-corrected chi connectivity index (χ2v) is 5.32. The quantitative estimate of drug-likeness (QED) is 0.453. The van der Waals surface area contributed by atoms with E-state index in [0.29, 0.717) is 20.7 Å². The van der Waals surface area contributed by atoms with E-state index in [2.05, 4.69) is 60.3 Å². The smallest absolute Gasteiger partial charge is 0.412 e. The van der Waals surface area contributed by atoms with Crippen molar-refractivity contribution in [1.82, 2.24) is 10.6 Å². The maximum absolute atomic E-state index is 4.58. The van der Waals surface area contributed by atoms with Gasteiger partial charge < -0.3 is 60.3 Å². The van der Waals surface area contributed by atoms with Crippen molar-refractivity contribution in [2.24, 2.45) is 0 Å². The summed E-state index contributed by atoms with van der Waals surface area (Å²) in [6.07, 6.45) is 0. The molecule has 15 heavy (non-hydrogen) atoms. The number of nitrogens with one attached hydrogen (secondary N) is 2. The molecule has 0 aromatic rings. The summed E-state index contributed by atoms with van der Waals surface area (Å²) in [7, 11) is 0. The van der Waals surface area contributed by atoms with Crippen molar-refractivity contribution >= 4 is 58.3 Å². The monoisotopic (exact) mass is 331 g/mol. The van der Waals surface area contributed by atoms with E-state index in [1.54, 1.807) is 0 Å². The molecule has 0 aromatic carbocycles. The molecule has 2 nitrogen and oxygen atoms in total. The summed E-state index contributed by atoms with van der Waals surface area (Å²) < 4.78 is 0.907. The van der Waals surface area contributed by atoms with Gasteiger partial charge in [-0.2, -0.15) is 0 Å². The summed E-state index contributed by atoms with van der Waals surface area (Å²) in [4.78, 5) is 0. The van der Waals surface area contributed by atoms with Crippen LogP contribution in [0.25, 0.3) is 0 Å². The maximum atomic E-state index is 4.58. The predicted octanol–water partition coefficient (Wildman–Crippen LogP) is 1.63. The Hall–Kier alpha value is 0.739. The third kappa shape index (κ3) is 31.3. The SMILES string of the molecule is CC(C)NC(=S)[S-].CC(C)NC(=S)[S-].[Cu+2]. The van der Waals surface area contributed by atoms with Crippen molar-refractivity contribution < 1.29 is 17.1 Å². The molecule has 7 heteroatoms. The minimum Gasteiger partial charge on any atom is -0.412 e. The van der Waals surface area contributed by atoms with Gasteiger partial charge in [-0.3, -0.25) is 0 Å². The van der Waals surface area contributed by atoms with Crippen LogP contribution < -0.4 is 10.6 Å². The van der Waals surface area contributed by atoms with Crippen LogP contribution >= 0.6 is 24.4 Å². The summed E-state index contributed by atoms with van der Waals surface area (Å²) >= 11 is 18.3. The van der Waals surface area contributed by atoms with Crippen LogP contribution in [0.5, 0.6) is 0 Å². The number of hydrogen-bond donors (Lipinski definition) is 2. The Morgan fingerprint density at radius 3 is 1.07 bits per heavy atom. The largest absolute Gasteiger partial charge is 2.00 e. The van der Waals surface area contributed by atoms with Gasteiger partial charge in [-0.1, -0.05) is 8.64 Å². The van der Waals surface area contributed by atoms with Crippen molar-refractivity contribution in [2.45, 2.75) is 39.8 Å². The third-order valence-corrected chi connectivity index (χ3v) is 1.28. The molecule has 93 valence electrons. The van der Waals surface area contributed by atoms with Crippen LogP contribution in [-0.2, 0) is 42.3 Å². The average Bonchev–Trinajstić information content (AvgIpc) is 1.79. The third-order valence-electron chi connectivity index (χ3n) is 0.813. The van der Waals surface area contributed by atoms with E-state index in [4.69, 9.17) is 0 Å². The molecule has 0 atom stereocenters. The molecule has 1 radical (unpaired) electrons. The normalized spacial score (nSPS) is 8.40. The molecule has 2 N–H and O–H groups in total. The van der Waals surface area contributed by atoms with Gasteiger partial charge in [-0.25, -0.2) is 0 Å². The Morgan fingerprint density at radius 2 is 1.07 bits per heavy atom. The molecule has 0 bridgehead atoms. The van der Waals surface area contributed by atoms with Gasteiger partial charge in [-0.05, 0) is 27.7 Å². The van der Waals surface area contributed by atoms with Crippen molar-refractivity contribution in [1.29, 1.82) is 0 Å². The van der Waals surface area contributed by atoms with Gasteiger partial charge in [0.05, 0.1) is 0 Å². The fourth-order valence-corrected chi connectivity index (χ4v) is 1.41. The predicted molar refractivity (Wildman–Crippen MR) is 76.5 cm³/mol. The van der Waals surface area contributed by atoms with E-state index in [-0.39, 0.29) is 17.1 Å². The van der Waals surface area contributed by atoms with Gasteiger partial charge >= 0.3 is 17.1 Å². The maximum Gasteiger partial charge on any atom is 2.00 e. The fourth-order valence-electron chi connectivity index (χ4n) is 0.471. The molecule has 0 saturated carbocycles. The minimum absolute atomic E-state index is 0. The van der Waals surface area contributed by atoms with Gasteiger partial charge in [0.25, 0.3) is 0 Å². The summed E-state index contributed by atoms with van der Waals surface area (Å²) in [6, 6.07) is 0.759. The van der Waals surface area contributed by atoms with Crippen LogP contribution in [-0.4, -0.2) is 20.7 Å². The second kappa shape index (κ2) is 12.8. The Kier molecular flexibility index (Phi) is 18.0. The molecular weight excluding hydrogens is 316 g/mol. The number of rotatable bonds is 2. The van der Waals surface area contributed by atoms with Gasteiger partial charge in [0, 0.05) is 12.1 Å². The van der Waals surface area contributed by atoms with Crippen LogP contribution in [0, 0.1) is 0 Å². The Bertz CT molecular complexity index is 165. The molecule has 0 spiro atoms. The summed E-state index contributed by atoms with van der Waals surface area (Å²) in [6.45, 7) is 7.99. The van der Waals surface area contributed by atoms with E-state index in [9.17, 15) is 0 Å². The van der Waals surface area contributed by atoms with E-state index in [1.165, 1.54) is 0 Å². The van der Waals surface area contributed by atoms with Gasteiger partial charge in [0.1, 0.15) is 0 Å². The summed E-state index contributed by atoms with van der Waals surface area (Å²) in [5.41, 5.74) is 0. The number of thiocarbonyl (C=S) groups is 2. The standard InChI is InChI=1S/2C4H9NS2.Cu/c2*1-3(2)5-4(6)7;/h2*3H,1-2H3,(H2,5,6,7);/q;;+2/p-2. The van der Waals surface area contributed by atoms with E-state index < -0.39 is 0 Å². The molecule has 0 aliphatic rings. The molecule has 0 amide bonds. The zero-order valence-corrected chi connectivity index (χ0v) is 13.3. The molecule has 0 aliphatic carbocycles. The molecule has 0 fully saturated rings. The topological polar surface area (TPSA) is 24.1 Å². The second-order valence-electron chi connectivity index (χ2n) is 3.17. The van der Waals surface area contributed by atoms with Crippen LogP contribution in [0.4, 0.5) is 0 Å². The first-order valence-electron chi connectivity index (χ1n) is 4.20.